The number of hydrogen-bond donors (Lipinski definition) is 11. The molecule has 0 aliphatic carbocycles. The fourth-order valence-electron chi connectivity index (χ4n) is 5.13. The van der Waals surface area contributed by atoms with E-state index in [0.717, 1.165) is 0 Å². The van der Waals surface area contributed by atoms with Crippen LogP contribution < -0.4 is 43.4 Å². The average Bonchev–Trinajstić information content (AvgIpc) is 3.05. The van der Waals surface area contributed by atoms with Gasteiger partial charge in [0.25, 0.3) is 0 Å². The Balaban J connectivity index is 3.81. The molecule has 0 saturated carbocycles. The number of amides is 6. The van der Waals surface area contributed by atoms with Gasteiger partial charge in [0.2, 0.25) is 35.4 Å². The maximum absolute atomic E-state index is 13.6. The summed E-state index contributed by atoms with van der Waals surface area (Å²) in [7, 11) is 0. The van der Waals surface area contributed by atoms with Crippen LogP contribution in [0, 0.1) is 5.92 Å². The van der Waals surface area contributed by atoms with Gasteiger partial charge in [-0.1, -0.05) is 20.3 Å². The highest BCUT2D eigenvalue weighted by molar-refractivity contribution is 5.99. The summed E-state index contributed by atoms with van der Waals surface area (Å²) in [4.78, 5) is 116. The molecule has 51 heavy (non-hydrogen) atoms. The topological polar surface area (TPSA) is 339 Å². The molecule has 288 valence electrons. The molecule has 20 nitrogen and oxygen atoms in total. The van der Waals surface area contributed by atoms with Crippen molar-refractivity contribution < 1.29 is 58.5 Å². The van der Waals surface area contributed by atoms with E-state index in [-0.39, 0.29) is 32.4 Å². The van der Waals surface area contributed by atoms with Gasteiger partial charge in [0.05, 0.1) is 12.8 Å². The van der Waals surface area contributed by atoms with Crippen molar-refractivity contribution in [2.45, 2.75) is 121 Å². The molecule has 7 atom stereocenters. The molecule has 0 radical (unpaired) electrons. The van der Waals surface area contributed by atoms with Gasteiger partial charge in [-0.15, -0.1) is 0 Å². The third kappa shape index (κ3) is 16.1. The molecule has 0 unspecified atom stereocenters. The Bertz CT molecular complexity index is 1260. The predicted octanol–water partition coefficient (Wildman–Crippen LogP) is -2.97. The zero-order valence-electron chi connectivity index (χ0n) is 28.9. The van der Waals surface area contributed by atoms with E-state index < -0.39 is 121 Å². The SMILES string of the molecule is CC[C@H](C)[C@@H]1NC(=O)[C@H](CCC(=O)O)NC(=O)[C@H](CCCCN)NC(=O)[C@H](CCCCN)NC(=O)[C@H](CC(=O)O)NC(=O)[C@H](CC(=O)O)NC1=O. The second kappa shape index (κ2) is 22.8. The lowest BCUT2D eigenvalue weighted by atomic mass is 9.96. The monoisotopic (exact) mass is 728 g/mol. The molecular formula is C31H52N8O12. The van der Waals surface area contributed by atoms with Crippen molar-refractivity contribution in [3.05, 3.63) is 0 Å². The Kier molecular flexibility index (Phi) is 19.7. The number of nitrogens with one attached hydrogen (secondary N) is 6. The Morgan fingerprint density at radius 1 is 0.549 bits per heavy atom. The van der Waals surface area contributed by atoms with E-state index in [2.05, 4.69) is 31.9 Å². The molecule has 0 aromatic heterocycles. The zero-order chi connectivity index (χ0) is 38.7. The van der Waals surface area contributed by atoms with Crippen LogP contribution in [0.4, 0.5) is 0 Å². The summed E-state index contributed by atoms with van der Waals surface area (Å²) in [6.45, 7) is 3.73. The van der Waals surface area contributed by atoms with Gasteiger partial charge in [0.15, 0.2) is 0 Å². The number of rotatable bonds is 17. The molecule has 1 rings (SSSR count). The lowest BCUT2D eigenvalue weighted by Crippen LogP contribution is -2.62. The summed E-state index contributed by atoms with van der Waals surface area (Å²) in [5.41, 5.74) is 11.2. The lowest BCUT2D eigenvalue weighted by molar-refractivity contribution is -0.144. The van der Waals surface area contributed by atoms with E-state index in [4.69, 9.17) is 11.5 Å². The quantitative estimate of drug-likeness (QED) is 0.0667. The maximum atomic E-state index is 13.6. The molecular weight excluding hydrogens is 676 g/mol. The van der Waals surface area contributed by atoms with E-state index in [0.29, 0.717) is 25.7 Å². The molecule has 1 saturated heterocycles. The van der Waals surface area contributed by atoms with Crippen LogP contribution in [0.1, 0.15) is 84.5 Å². The van der Waals surface area contributed by atoms with Gasteiger partial charge in [0, 0.05) is 6.42 Å². The summed E-state index contributed by atoms with van der Waals surface area (Å²) in [5.74, 6) is -11.1. The van der Waals surface area contributed by atoms with Crippen LogP contribution in [0.15, 0.2) is 0 Å². The molecule has 0 bridgehead atoms. The van der Waals surface area contributed by atoms with Gasteiger partial charge < -0.3 is 58.7 Å². The van der Waals surface area contributed by atoms with Crippen molar-refractivity contribution in [2.24, 2.45) is 17.4 Å². The summed E-state index contributed by atoms with van der Waals surface area (Å²) in [6, 6.07) is -9.33. The maximum Gasteiger partial charge on any atom is 0.305 e. The minimum atomic E-state index is -1.86. The van der Waals surface area contributed by atoms with Crippen molar-refractivity contribution >= 4 is 53.4 Å². The number of hydrogen-bond acceptors (Lipinski definition) is 11. The minimum absolute atomic E-state index is 0.0199. The summed E-state index contributed by atoms with van der Waals surface area (Å²) in [5, 5.41) is 42.6. The van der Waals surface area contributed by atoms with E-state index in [1.807, 2.05) is 0 Å². The molecule has 6 amide bonds. The van der Waals surface area contributed by atoms with Crippen molar-refractivity contribution in [3.8, 4) is 0 Å². The van der Waals surface area contributed by atoms with Gasteiger partial charge in [0.1, 0.15) is 36.3 Å². The number of carbonyl (C=O) groups excluding carboxylic acids is 6. The Hall–Kier alpha value is -4.85. The van der Waals surface area contributed by atoms with E-state index in [1.165, 1.54) is 0 Å². The fraction of sp³-hybridized carbons (Fsp3) is 0.710. The van der Waals surface area contributed by atoms with Crippen molar-refractivity contribution in [2.75, 3.05) is 13.1 Å². The van der Waals surface area contributed by atoms with Crippen LogP contribution in [-0.2, 0) is 43.2 Å². The van der Waals surface area contributed by atoms with Crippen LogP contribution in [0.2, 0.25) is 0 Å². The van der Waals surface area contributed by atoms with E-state index >= 15 is 0 Å². The standard InChI is InChI=1S/C31H52N8O12/c1-3-16(2)25-31(51)38-21(15-24(44)45)30(50)37-20(14-23(42)43)29(49)35-18(9-5-7-13-33)26(46)34-17(8-4-6-12-32)27(47)36-19(28(48)39-25)10-11-22(40)41/h16-21,25H,3-15,32-33H2,1-2H3,(H,34,46)(H,35,49)(H,36,47)(H,37,50)(H,38,51)(H,39,48)(H,40,41)(H,42,43)(H,44,45)/t16-,17-,18-,19-,20-,21-,25-/m0/s1. The highest BCUT2D eigenvalue weighted by atomic mass is 16.4. The first-order valence-corrected chi connectivity index (χ1v) is 16.9. The van der Waals surface area contributed by atoms with Crippen LogP contribution in [0.3, 0.4) is 0 Å². The largest absolute Gasteiger partial charge is 0.481 e. The number of unbranched alkanes of at least 4 members (excludes halogenated alkanes) is 2. The molecule has 13 N–H and O–H groups in total. The molecule has 1 heterocycles. The van der Waals surface area contributed by atoms with E-state index in [1.54, 1.807) is 13.8 Å². The zero-order valence-corrected chi connectivity index (χ0v) is 28.9. The molecule has 0 aromatic carbocycles. The fourth-order valence-corrected chi connectivity index (χ4v) is 5.13. The summed E-state index contributed by atoms with van der Waals surface area (Å²) < 4.78 is 0. The Morgan fingerprint density at radius 3 is 1.27 bits per heavy atom. The highest BCUT2D eigenvalue weighted by Crippen LogP contribution is 2.12. The highest BCUT2D eigenvalue weighted by Gasteiger charge is 2.37. The van der Waals surface area contributed by atoms with Gasteiger partial charge in [-0.25, -0.2) is 0 Å². The molecule has 0 spiro atoms. The van der Waals surface area contributed by atoms with Crippen molar-refractivity contribution in [1.29, 1.82) is 0 Å². The molecule has 1 aliphatic heterocycles. The number of nitrogens with two attached hydrogens (primary N) is 2. The van der Waals surface area contributed by atoms with Crippen molar-refractivity contribution in [3.63, 3.8) is 0 Å². The molecule has 1 fully saturated rings. The van der Waals surface area contributed by atoms with Crippen LogP contribution in [0.5, 0.6) is 0 Å². The first-order chi connectivity index (χ1) is 24.0. The first-order valence-electron chi connectivity index (χ1n) is 16.9. The Morgan fingerprint density at radius 2 is 0.902 bits per heavy atom. The third-order valence-corrected chi connectivity index (χ3v) is 8.26. The average molecular weight is 729 g/mol. The third-order valence-electron chi connectivity index (χ3n) is 8.26. The minimum Gasteiger partial charge on any atom is -0.481 e. The molecule has 20 heteroatoms. The second-order valence-electron chi connectivity index (χ2n) is 12.4. The normalized spacial score (nSPS) is 24.7. The number of carboxylic acids is 3. The van der Waals surface area contributed by atoms with Crippen LogP contribution in [0.25, 0.3) is 0 Å². The Labute approximate surface area is 294 Å². The second-order valence-corrected chi connectivity index (χ2v) is 12.4. The number of aliphatic carboxylic acids is 3. The van der Waals surface area contributed by atoms with Gasteiger partial charge in [-0.05, 0) is 64.0 Å². The number of carbonyl (C=O) groups is 9. The van der Waals surface area contributed by atoms with Crippen LogP contribution >= 0.6 is 0 Å². The van der Waals surface area contributed by atoms with E-state index in [9.17, 15) is 58.5 Å². The molecule has 1 aliphatic rings. The lowest BCUT2D eigenvalue weighted by Gasteiger charge is -2.30. The van der Waals surface area contributed by atoms with Crippen LogP contribution in [-0.4, -0.2) is 118 Å². The summed E-state index contributed by atoms with van der Waals surface area (Å²) >= 11 is 0. The summed E-state index contributed by atoms with van der Waals surface area (Å²) in [6.07, 6.45) is -1.21. The molecule has 0 aromatic rings. The predicted molar refractivity (Wildman–Crippen MR) is 178 cm³/mol. The van der Waals surface area contributed by atoms with Gasteiger partial charge in [-0.3, -0.25) is 43.2 Å². The van der Waals surface area contributed by atoms with Gasteiger partial charge in [-0.2, -0.15) is 0 Å². The smallest absolute Gasteiger partial charge is 0.305 e. The number of carboxylic acid groups (broad SMARTS) is 3. The first kappa shape index (κ1) is 44.2. The van der Waals surface area contributed by atoms with Gasteiger partial charge >= 0.3 is 17.9 Å². The van der Waals surface area contributed by atoms with Crippen molar-refractivity contribution in [1.82, 2.24) is 31.9 Å².